The molecule has 6 nitrogen and oxygen atoms in total. The summed E-state index contributed by atoms with van der Waals surface area (Å²) in [5.41, 5.74) is 1.16. The van der Waals surface area contributed by atoms with Crippen LogP contribution in [0.2, 0.25) is 0 Å². The summed E-state index contributed by atoms with van der Waals surface area (Å²) in [5, 5.41) is 3.30. The molecule has 1 aromatic rings. The molecule has 0 saturated carbocycles. The number of nitrogens with zero attached hydrogens (tertiary/aromatic N) is 2. The summed E-state index contributed by atoms with van der Waals surface area (Å²) >= 11 is 0. The minimum absolute atomic E-state index is 0.0332. The summed E-state index contributed by atoms with van der Waals surface area (Å²) in [6.45, 7) is 10.3. The highest BCUT2D eigenvalue weighted by Crippen LogP contribution is 2.23. The van der Waals surface area contributed by atoms with Crippen molar-refractivity contribution < 1.29 is 13.2 Å². The zero-order valence-electron chi connectivity index (χ0n) is 15.9. The van der Waals surface area contributed by atoms with E-state index in [0.717, 1.165) is 57.9 Å². The Hall–Kier alpha value is -0.990. The molecule has 0 radical (unpaired) electrons. The van der Waals surface area contributed by atoms with Crippen LogP contribution < -0.4 is 5.32 Å². The van der Waals surface area contributed by atoms with E-state index in [2.05, 4.69) is 24.1 Å². The van der Waals surface area contributed by atoms with Gasteiger partial charge >= 0.3 is 0 Å². The molecule has 1 N–H and O–H groups in total. The van der Waals surface area contributed by atoms with Gasteiger partial charge in [-0.1, -0.05) is 26.0 Å². The largest absolute Gasteiger partial charge is 0.379 e. The summed E-state index contributed by atoms with van der Waals surface area (Å²) in [6.07, 6.45) is 0.867. The lowest BCUT2D eigenvalue weighted by molar-refractivity contribution is 0.0355. The highest BCUT2D eigenvalue weighted by Gasteiger charge is 2.33. The summed E-state index contributed by atoms with van der Waals surface area (Å²) in [5.74, 6) is 0.392. The fourth-order valence-electron chi connectivity index (χ4n) is 3.61. The van der Waals surface area contributed by atoms with Gasteiger partial charge in [0.25, 0.3) is 0 Å². The van der Waals surface area contributed by atoms with E-state index < -0.39 is 10.0 Å². The molecule has 2 fully saturated rings. The predicted octanol–water partition coefficient (Wildman–Crippen LogP) is 1.49. The summed E-state index contributed by atoms with van der Waals surface area (Å²) in [7, 11) is -3.49. The average molecular weight is 382 g/mol. The number of nitrogens with one attached hydrogen (secondary N) is 1. The maximum Gasteiger partial charge on any atom is 0.243 e. The van der Waals surface area contributed by atoms with E-state index in [1.54, 1.807) is 16.4 Å². The lowest BCUT2D eigenvalue weighted by Crippen LogP contribution is -2.47. The van der Waals surface area contributed by atoms with Crippen LogP contribution in [0.3, 0.4) is 0 Å². The molecule has 0 bridgehead atoms. The number of sulfonamides is 1. The van der Waals surface area contributed by atoms with Crippen molar-refractivity contribution in [2.75, 3.05) is 52.5 Å². The first-order chi connectivity index (χ1) is 12.5. The van der Waals surface area contributed by atoms with E-state index in [-0.39, 0.29) is 6.04 Å². The quantitative estimate of drug-likeness (QED) is 0.775. The minimum Gasteiger partial charge on any atom is -0.379 e. The topological polar surface area (TPSA) is 61.9 Å². The molecule has 2 heterocycles. The fraction of sp³-hybridized carbons (Fsp3) is 0.684. The highest BCUT2D eigenvalue weighted by atomic mass is 32.2. The molecule has 2 saturated heterocycles. The van der Waals surface area contributed by atoms with E-state index in [4.69, 9.17) is 4.74 Å². The van der Waals surface area contributed by atoms with Gasteiger partial charge in [-0.3, -0.25) is 4.90 Å². The Morgan fingerprint density at radius 1 is 1.23 bits per heavy atom. The van der Waals surface area contributed by atoms with E-state index in [1.165, 1.54) is 0 Å². The molecule has 0 amide bonds. The van der Waals surface area contributed by atoms with Crippen molar-refractivity contribution in [2.45, 2.75) is 37.1 Å². The van der Waals surface area contributed by atoms with Gasteiger partial charge in [-0.05, 0) is 36.6 Å². The van der Waals surface area contributed by atoms with Gasteiger partial charge in [0.05, 0.1) is 18.1 Å². The zero-order valence-corrected chi connectivity index (χ0v) is 16.7. The Morgan fingerprint density at radius 2 is 1.92 bits per heavy atom. The number of hydrogen-bond acceptors (Lipinski definition) is 5. The van der Waals surface area contributed by atoms with E-state index in [9.17, 15) is 8.42 Å². The van der Waals surface area contributed by atoms with Gasteiger partial charge in [0, 0.05) is 38.8 Å². The first kappa shape index (κ1) is 19.8. The molecular weight excluding hydrogens is 350 g/mol. The smallest absolute Gasteiger partial charge is 0.243 e. The van der Waals surface area contributed by atoms with E-state index in [0.29, 0.717) is 17.4 Å². The van der Waals surface area contributed by atoms with Crippen LogP contribution in [0.25, 0.3) is 0 Å². The van der Waals surface area contributed by atoms with Crippen molar-refractivity contribution in [1.29, 1.82) is 0 Å². The number of benzene rings is 1. The minimum atomic E-state index is -3.49. The Bertz CT molecular complexity index is 664. The van der Waals surface area contributed by atoms with Crippen molar-refractivity contribution >= 4 is 10.0 Å². The van der Waals surface area contributed by atoms with Gasteiger partial charge in [0.2, 0.25) is 10.0 Å². The Morgan fingerprint density at radius 3 is 2.50 bits per heavy atom. The van der Waals surface area contributed by atoms with Crippen molar-refractivity contribution in [3.63, 3.8) is 0 Å². The lowest BCUT2D eigenvalue weighted by Gasteiger charge is -2.32. The molecule has 0 spiro atoms. The zero-order chi connectivity index (χ0) is 18.6. The number of ether oxygens (including phenoxy) is 1. The highest BCUT2D eigenvalue weighted by molar-refractivity contribution is 7.89. The van der Waals surface area contributed by atoms with Crippen LogP contribution in [0, 0.1) is 0 Å². The van der Waals surface area contributed by atoms with Crippen LogP contribution in [0.5, 0.6) is 0 Å². The van der Waals surface area contributed by atoms with Crippen LogP contribution in [0.1, 0.15) is 31.7 Å². The molecule has 2 aliphatic rings. The number of morpholine rings is 1. The summed E-state index contributed by atoms with van der Waals surface area (Å²) in [6, 6.07) is 7.42. The molecule has 1 aromatic carbocycles. The van der Waals surface area contributed by atoms with Crippen molar-refractivity contribution in [2.24, 2.45) is 0 Å². The second-order valence-corrected chi connectivity index (χ2v) is 9.33. The fourth-order valence-corrected chi connectivity index (χ4v) is 5.25. The van der Waals surface area contributed by atoms with Gasteiger partial charge < -0.3 is 10.1 Å². The third-order valence-electron chi connectivity index (χ3n) is 5.34. The van der Waals surface area contributed by atoms with Crippen LogP contribution in [0.4, 0.5) is 0 Å². The molecule has 1 unspecified atom stereocenters. The summed E-state index contributed by atoms with van der Waals surface area (Å²) in [4.78, 5) is 2.69. The third kappa shape index (κ3) is 4.64. The van der Waals surface area contributed by atoms with E-state index in [1.807, 2.05) is 12.1 Å². The molecule has 3 rings (SSSR count). The van der Waals surface area contributed by atoms with Gasteiger partial charge in [-0.2, -0.15) is 4.31 Å². The first-order valence-corrected chi connectivity index (χ1v) is 11.0. The molecule has 1 atom stereocenters. The van der Waals surface area contributed by atoms with Gasteiger partial charge in [-0.15, -0.1) is 0 Å². The molecule has 7 heteroatoms. The van der Waals surface area contributed by atoms with Crippen molar-refractivity contribution in [1.82, 2.24) is 14.5 Å². The normalized spacial score (nSPS) is 22.4. The maximum absolute atomic E-state index is 13.3. The molecular formula is C19H31N3O3S. The second-order valence-electron chi connectivity index (χ2n) is 7.44. The van der Waals surface area contributed by atoms with E-state index >= 15 is 0 Å². The van der Waals surface area contributed by atoms with Crippen LogP contribution >= 0.6 is 0 Å². The monoisotopic (exact) mass is 381 g/mol. The average Bonchev–Trinajstić information content (AvgIpc) is 3.17. The Labute approximate surface area is 157 Å². The Kier molecular flexibility index (Phi) is 6.69. The Balaban J connectivity index is 1.77. The number of rotatable bonds is 7. The number of hydrogen-bond donors (Lipinski definition) is 1. The second kappa shape index (κ2) is 8.80. The lowest BCUT2D eigenvalue weighted by atomic mass is 10.0. The molecule has 0 aliphatic carbocycles. The van der Waals surface area contributed by atoms with Gasteiger partial charge in [-0.25, -0.2) is 8.42 Å². The standard InChI is InChI=1S/C19H31N3O3S/c1-16(2)17-3-5-19(6-4-17)26(23,24)22(18-7-8-20-15-18)10-9-21-11-13-25-14-12-21/h3-6,16,18,20H,7-15H2,1-2H3. The van der Waals surface area contributed by atoms with Crippen LogP contribution in [-0.4, -0.2) is 76.1 Å². The van der Waals surface area contributed by atoms with Gasteiger partial charge in [0.1, 0.15) is 0 Å². The molecule has 26 heavy (non-hydrogen) atoms. The third-order valence-corrected chi connectivity index (χ3v) is 7.30. The SMILES string of the molecule is CC(C)c1ccc(S(=O)(=O)N(CCN2CCOCC2)C2CCNC2)cc1. The predicted molar refractivity (Wildman–Crippen MR) is 103 cm³/mol. The van der Waals surface area contributed by atoms with Crippen molar-refractivity contribution in [3.05, 3.63) is 29.8 Å². The van der Waals surface area contributed by atoms with Crippen LogP contribution in [-0.2, 0) is 14.8 Å². The van der Waals surface area contributed by atoms with Crippen molar-refractivity contribution in [3.8, 4) is 0 Å². The molecule has 2 aliphatic heterocycles. The summed E-state index contributed by atoms with van der Waals surface area (Å²) < 4.78 is 33.8. The van der Waals surface area contributed by atoms with Crippen LogP contribution in [0.15, 0.2) is 29.2 Å². The maximum atomic E-state index is 13.3. The molecule has 0 aromatic heterocycles. The first-order valence-electron chi connectivity index (χ1n) is 9.61. The molecule has 146 valence electrons. The van der Waals surface area contributed by atoms with Gasteiger partial charge in [0.15, 0.2) is 0 Å².